The van der Waals surface area contributed by atoms with E-state index < -0.39 is 17.8 Å². The van der Waals surface area contributed by atoms with Gasteiger partial charge in [-0.25, -0.2) is 9.37 Å². The number of carbonyl (C=O) groups is 3. The molecular weight excluding hydrogens is 513 g/mol. The van der Waals surface area contributed by atoms with E-state index in [2.05, 4.69) is 25.7 Å². The SMILES string of the molecule is CNC(=O)C(CCC=O)N1Cc2c(ccc(-c3cc(CN4CCCC4)c4[nH]nc(NC5CCC5)c4n3)c2F)C1=O. The van der Waals surface area contributed by atoms with Gasteiger partial charge < -0.3 is 20.3 Å². The Balaban J connectivity index is 1.38. The van der Waals surface area contributed by atoms with E-state index in [9.17, 15) is 14.4 Å². The van der Waals surface area contributed by atoms with Gasteiger partial charge in [-0.1, -0.05) is 0 Å². The number of H-pyrrole nitrogens is 1. The molecule has 4 heterocycles. The van der Waals surface area contributed by atoms with Crippen molar-refractivity contribution in [3.8, 4) is 11.3 Å². The number of halogens is 1. The predicted molar refractivity (Wildman–Crippen MR) is 148 cm³/mol. The lowest BCUT2D eigenvalue weighted by Gasteiger charge is -2.26. The maximum absolute atomic E-state index is 16.2. The van der Waals surface area contributed by atoms with Crippen LogP contribution < -0.4 is 10.6 Å². The summed E-state index contributed by atoms with van der Waals surface area (Å²) in [7, 11) is 1.48. The standard InChI is InChI=1S/C29H34FN7O3/c1-31-28(39)23(8-5-13-38)37-16-21-19(29(37)40)9-10-20(24(21)30)22-14-17(15-36-11-2-3-12-36)25-26(33-22)27(35-34-25)32-18-6-4-7-18/h9-10,13-14,18,23H,2-8,11-12,15-16H2,1H3,(H,31,39)(H2,32,34,35). The molecule has 0 radical (unpaired) electrons. The molecule has 3 aromatic rings. The molecule has 1 saturated carbocycles. The van der Waals surface area contributed by atoms with E-state index >= 15 is 4.39 Å². The molecule has 1 unspecified atom stereocenters. The van der Waals surface area contributed by atoms with Crippen molar-refractivity contribution in [2.45, 2.75) is 70.1 Å². The molecule has 1 saturated heterocycles. The first-order valence-corrected chi connectivity index (χ1v) is 14.1. The fourth-order valence-electron chi connectivity index (χ4n) is 5.99. The van der Waals surface area contributed by atoms with Gasteiger partial charge in [-0.3, -0.25) is 19.6 Å². The van der Waals surface area contributed by atoms with Gasteiger partial charge in [-0.05, 0) is 75.4 Å². The molecule has 210 valence electrons. The lowest BCUT2D eigenvalue weighted by Crippen LogP contribution is -2.46. The Morgan fingerprint density at radius 2 is 2.00 bits per heavy atom. The molecule has 1 aromatic carbocycles. The Labute approximate surface area is 231 Å². The van der Waals surface area contributed by atoms with Gasteiger partial charge >= 0.3 is 0 Å². The van der Waals surface area contributed by atoms with Crippen molar-refractivity contribution in [1.82, 2.24) is 30.3 Å². The average molecular weight is 548 g/mol. The molecule has 2 aliphatic heterocycles. The lowest BCUT2D eigenvalue weighted by atomic mass is 9.93. The van der Waals surface area contributed by atoms with Gasteiger partial charge in [0.25, 0.3) is 5.91 Å². The van der Waals surface area contributed by atoms with E-state index in [1.807, 2.05) is 6.07 Å². The summed E-state index contributed by atoms with van der Waals surface area (Å²) < 4.78 is 16.2. The summed E-state index contributed by atoms with van der Waals surface area (Å²) in [6.45, 7) is 2.69. The van der Waals surface area contributed by atoms with Gasteiger partial charge in [-0.2, -0.15) is 5.10 Å². The van der Waals surface area contributed by atoms with Crippen LogP contribution in [0.4, 0.5) is 10.2 Å². The first kappa shape index (κ1) is 26.4. The number of pyridine rings is 1. The van der Waals surface area contributed by atoms with Crippen molar-refractivity contribution < 1.29 is 18.8 Å². The number of aromatic nitrogens is 3. The van der Waals surface area contributed by atoms with Gasteiger partial charge in [0.15, 0.2) is 5.82 Å². The maximum atomic E-state index is 16.2. The van der Waals surface area contributed by atoms with Crippen LogP contribution in [0.25, 0.3) is 22.3 Å². The normalized spacial score (nSPS) is 18.1. The quantitative estimate of drug-likeness (QED) is 0.333. The Kier molecular flexibility index (Phi) is 7.22. The zero-order chi connectivity index (χ0) is 27.8. The van der Waals surface area contributed by atoms with Gasteiger partial charge in [0.1, 0.15) is 23.7 Å². The molecule has 11 heteroatoms. The molecule has 3 N–H and O–H groups in total. The Morgan fingerprint density at radius 3 is 2.70 bits per heavy atom. The Morgan fingerprint density at radius 1 is 1.23 bits per heavy atom. The molecule has 2 fully saturated rings. The Bertz CT molecular complexity index is 1460. The second-order valence-corrected chi connectivity index (χ2v) is 11.0. The summed E-state index contributed by atoms with van der Waals surface area (Å²) in [5.74, 6) is -0.639. The second-order valence-electron chi connectivity index (χ2n) is 11.0. The van der Waals surface area contributed by atoms with Crippen molar-refractivity contribution in [1.29, 1.82) is 0 Å². The van der Waals surface area contributed by atoms with Crippen LogP contribution in [0.1, 0.15) is 66.4 Å². The van der Waals surface area contributed by atoms with Crippen LogP contribution >= 0.6 is 0 Å². The summed E-state index contributed by atoms with van der Waals surface area (Å²) in [5.41, 5.74) is 3.80. The van der Waals surface area contributed by atoms with Crippen LogP contribution in [0.3, 0.4) is 0 Å². The molecule has 40 heavy (non-hydrogen) atoms. The van der Waals surface area contributed by atoms with Crippen LogP contribution in [0, 0.1) is 5.82 Å². The fourth-order valence-corrected chi connectivity index (χ4v) is 5.99. The van der Waals surface area contributed by atoms with E-state index in [-0.39, 0.29) is 36.4 Å². The summed E-state index contributed by atoms with van der Waals surface area (Å²) in [6.07, 6.45) is 6.69. The number of hydrogen-bond acceptors (Lipinski definition) is 7. The number of hydrogen-bond donors (Lipinski definition) is 3. The average Bonchev–Trinajstić information content (AvgIpc) is 3.67. The molecule has 3 aliphatic rings. The topological polar surface area (TPSA) is 123 Å². The van der Waals surface area contributed by atoms with E-state index in [1.165, 1.54) is 18.4 Å². The van der Waals surface area contributed by atoms with Crippen LogP contribution in [0.5, 0.6) is 0 Å². The zero-order valence-corrected chi connectivity index (χ0v) is 22.6. The van der Waals surface area contributed by atoms with E-state index in [4.69, 9.17) is 4.98 Å². The van der Waals surface area contributed by atoms with Crippen molar-refractivity contribution in [2.24, 2.45) is 0 Å². The number of likely N-dealkylation sites (N-methyl/N-ethyl adjacent to an activating group) is 1. The minimum Gasteiger partial charge on any atom is -0.364 e. The van der Waals surface area contributed by atoms with Gasteiger partial charge in [-0.15, -0.1) is 0 Å². The minimum absolute atomic E-state index is 0.0478. The zero-order valence-electron chi connectivity index (χ0n) is 22.6. The largest absolute Gasteiger partial charge is 0.364 e. The summed E-state index contributed by atoms with van der Waals surface area (Å²) >= 11 is 0. The second kappa shape index (κ2) is 11.0. The third-order valence-corrected chi connectivity index (χ3v) is 8.47. The van der Waals surface area contributed by atoms with E-state index in [0.717, 1.165) is 49.9 Å². The molecule has 0 bridgehead atoms. The number of aromatic amines is 1. The number of nitrogens with zero attached hydrogens (tertiary/aromatic N) is 4. The number of fused-ring (bicyclic) bond motifs is 2. The highest BCUT2D eigenvalue weighted by atomic mass is 19.1. The molecule has 2 amide bonds. The van der Waals surface area contributed by atoms with Crippen LogP contribution in [-0.4, -0.2) is 75.3 Å². The number of benzene rings is 1. The highest BCUT2D eigenvalue weighted by Gasteiger charge is 2.38. The first-order chi connectivity index (χ1) is 19.5. The smallest absolute Gasteiger partial charge is 0.255 e. The van der Waals surface area contributed by atoms with Crippen molar-refractivity contribution in [3.63, 3.8) is 0 Å². The lowest BCUT2D eigenvalue weighted by molar-refractivity contribution is -0.125. The van der Waals surface area contributed by atoms with Crippen LogP contribution in [0.15, 0.2) is 18.2 Å². The number of carbonyl (C=O) groups excluding carboxylic acids is 3. The van der Waals surface area contributed by atoms with Crippen molar-refractivity contribution in [2.75, 3.05) is 25.5 Å². The minimum atomic E-state index is -0.856. The van der Waals surface area contributed by atoms with Crippen molar-refractivity contribution in [3.05, 3.63) is 40.7 Å². The number of aldehydes is 1. The molecule has 6 rings (SSSR count). The Hall–Kier alpha value is -3.86. The third kappa shape index (κ3) is 4.72. The number of nitrogens with one attached hydrogen (secondary N) is 3. The predicted octanol–water partition coefficient (Wildman–Crippen LogP) is 3.37. The molecule has 2 aromatic heterocycles. The van der Waals surface area contributed by atoms with E-state index in [0.29, 0.717) is 41.5 Å². The number of rotatable bonds is 10. The third-order valence-electron chi connectivity index (χ3n) is 8.47. The molecule has 0 spiro atoms. The maximum Gasteiger partial charge on any atom is 0.255 e. The monoisotopic (exact) mass is 547 g/mol. The van der Waals surface area contributed by atoms with Crippen LogP contribution in [-0.2, 0) is 22.7 Å². The number of anilines is 1. The highest BCUT2D eigenvalue weighted by molar-refractivity contribution is 6.02. The molecule has 10 nitrogen and oxygen atoms in total. The van der Waals surface area contributed by atoms with Crippen molar-refractivity contribution >= 4 is 35.0 Å². The molecule has 1 aliphatic carbocycles. The first-order valence-electron chi connectivity index (χ1n) is 14.1. The van der Waals surface area contributed by atoms with Crippen LogP contribution in [0.2, 0.25) is 0 Å². The van der Waals surface area contributed by atoms with Gasteiger partial charge in [0.2, 0.25) is 5.91 Å². The summed E-state index contributed by atoms with van der Waals surface area (Å²) in [6, 6.07) is 4.64. The number of likely N-dealkylation sites (tertiary alicyclic amines) is 1. The summed E-state index contributed by atoms with van der Waals surface area (Å²) in [5, 5.41) is 13.7. The molecular formula is C29H34FN7O3. The fraction of sp³-hybridized carbons (Fsp3) is 0.483. The summed E-state index contributed by atoms with van der Waals surface area (Å²) in [4.78, 5) is 45.4. The highest BCUT2D eigenvalue weighted by Crippen LogP contribution is 2.36. The van der Waals surface area contributed by atoms with E-state index in [1.54, 1.807) is 12.1 Å². The van der Waals surface area contributed by atoms with Gasteiger partial charge in [0, 0.05) is 42.7 Å². The molecule has 1 atom stereocenters. The van der Waals surface area contributed by atoms with Gasteiger partial charge in [0.05, 0.1) is 17.8 Å². The number of amides is 2.